The molecule has 0 aliphatic carbocycles. The van der Waals surface area contributed by atoms with Crippen molar-refractivity contribution in [3.05, 3.63) is 63.6 Å². The molecule has 7 heteroatoms. The standard InChI is InChI=1S/C17H16Cl2N2O3/c1-24-15-7-6-10(8-13(15)19)9-14(16(20)22)21-17(23)11-4-2-3-5-12(11)18/h2-8,14H,9H2,1H3,(H2,20,22)(H,21,23)/t14-/m0/s1. The first-order valence-electron chi connectivity index (χ1n) is 7.09. The van der Waals surface area contributed by atoms with E-state index in [-0.39, 0.29) is 12.0 Å². The van der Waals surface area contributed by atoms with Crippen molar-refractivity contribution in [2.75, 3.05) is 7.11 Å². The van der Waals surface area contributed by atoms with Crippen LogP contribution in [-0.2, 0) is 11.2 Å². The Balaban J connectivity index is 2.15. The molecule has 1 atom stereocenters. The summed E-state index contributed by atoms with van der Waals surface area (Å²) >= 11 is 12.1. The lowest BCUT2D eigenvalue weighted by molar-refractivity contribution is -0.119. The molecular weight excluding hydrogens is 351 g/mol. The summed E-state index contributed by atoms with van der Waals surface area (Å²) in [6.07, 6.45) is 0.204. The van der Waals surface area contributed by atoms with Crippen LogP contribution >= 0.6 is 23.2 Å². The summed E-state index contributed by atoms with van der Waals surface area (Å²) in [5.74, 6) is -0.595. The highest BCUT2D eigenvalue weighted by molar-refractivity contribution is 6.34. The lowest BCUT2D eigenvalue weighted by atomic mass is 10.0. The molecule has 2 amide bonds. The number of halogens is 2. The van der Waals surface area contributed by atoms with Crippen LogP contribution in [0, 0.1) is 0 Å². The second kappa shape index (κ2) is 8.04. The molecular formula is C17H16Cl2N2O3. The molecule has 126 valence electrons. The predicted octanol–water partition coefficient (Wildman–Crippen LogP) is 2.83. The van der Waals surface area contributed by atoms with Gasteiger partial charge in [0.2, 0.25) is 5.91 Å². The molecule has 0 unspecified atom stereocenters. The Morgan fingerprint density at radius 1 is 1.17 bits per heavy atom. The number of amides is 2. The molecule has 3 N–H and O–H groups in total. The van der Waals surface area contributed by atoms with Gasteiger partial charge in [-0.15, -0.1) is 0 Å². The first-order valence-corrected chi connectivity index (χ1v) is 7.85. The molecule has 0 saturated heterocycles. The third kappa shape index (κ3) is 4.40. The van der Waals surface area contributed by atoms with Crippen molar-refractivity contribution in [1.29, 1.82) is 0 Å². The number of primary amides is 1. The number of benzene rings is 2. The van der Waals surface area contributed by atoms with E-state index in [1.807, 2.05) is 0 Å². The van der Waals surface area contributed by atoms with Crippen molar-refractivity contribution in [2.24, 2.45) is 5.73 Å². The number of nitrogens with one attached hydrogen (secondary N) is 1. The van der Waals surface area contributed by atoms with Gasteiger partial charge in [0.05, 0.1) is 22.7 Å². The molecule has 0 saturated carbocycles. The number of carbonyl (C=O) groups excluding carboxylic acids is 2. The largest absolute Gasteiger partial charge is 0.495 e. The smallest absolute Gasteiger partial charge is 0.253 e. The summed E-state index contributed by atoms with van der Waals surface area (Å²) in [4.78, 5) is 24.0. The quantitative estimate of drug-likeness (QED) is 0.824. The van der Waals surface area contributed by atoms with Gasteiger partial charge in [-0.05, 0) is 29.8 Å². The van der Waals surface area contributed by atoms with E-state index in [9.17, 15) is 9.59 Å². The Bertz CT molecular complexity index is 765. The third-order valence-corrected chi connectivity index (χ3v) is 4.05. The number of methoxy groups -OCH3 is 1. The van der Waals surface area contributed by atoms with Gasteiger partial charge in [0.25, 0.3) is 5.91 Å². The molecule has 5 nitrogen and oxygen atoms in total. The van der Waals surface area contributed by atoms with Crippen molar-refractivity contribution in [2.45, 2.75) is 12.5 Å². The number of nitrogens with two attached hydrogens (primary N) is 1. The van der Waals surface area contributed by atoms with E-state index < -0.39 is 17.9 Å². The van der Waals surface area contributed by atoms with Crippen molar-refractivity contribution >= 4 is 35.0 Å². The van der Waals surface area contributed by atoms with Gasteiger partial charge in [-0.3, -0.25) is 9.59 Å². The summed E-state index contributed by atoms with van der Waals surface area (Å²) < 4.78 is 5.08. The Morgan fingerprint density at radius 3 is 2.46 bits per heavy atom. The minimum Gasteiger partial charge on any atom is -0.495 e. The van der Waals surface area contributed by atoms with Gasteiger partial charge in [0.1, 0.15) is 11.8 Å². The molecule has 0 aromatic heterocycles. The third-order valence-electron chi connectivity index (χ3n) is 3.42. The number of hydrogen-bond acceptors (Lipinski definition) is 3. The van der Waals surface area contributed by atoms with Crippen LogP contribution in [0.3, 0.4) is 0 Å². The van der Waals surface area contributed by atoms with Crippen LogP contribution < -0.4 is 15.8 Å². The van der Waals surface area contributed by atoms with E-state index in [1.54, 1.807) is 42.5 Å². The summed E-state index contributed by atoms with van der Waals surface area (Å²) in [5.41, 5.74) is 6.41. The van der Waals surface area contributed by atoms with Crippen LogP contribution in [0.1, 0.15) is 15.9 Å². The van der Waals surface area contributed by atoms with Crippen LogP contribution in [0.15, 0.2) is 42.5 Å². The SMILES string of the molecule is COc1ccc(C[C@H](NC(=O)c2ccccc2Cl)C(N)=O)cc1Cl. The molecule has 0 aliphatic heterocycles. The molecule has 0 spiro atoms. The minimum absolute atomic E-state index is 0.204. The van der Waals surface area contributed by atoms with E-state index in [0.29, 0.717) is 15.8 Å². The fraction of sp³-hybridized carbons (Fsp3) is 0.176. The van der Waals surface area contributed by atoms with E-state index in [1.165, 1.54) is 7.11 Å². The normalized spacial score (nSPS) is 11.6. The van der Waals surface area contributed by atoms with Crippen LogP contribution in [0.2, 0.25) is 10.0 Å². The number of rotatable bonds is 6. The van der Waals surface area contributed by atoms with Gasteiger partial charge in [-0.2, -0.15) is 0 Å². The van der Waals surface area contributed by atoms with Gasteiger partial charge in [0, 0.05) is 6.42 Å². The summed E-state index contributed by atoms with van der Waals surface area (Å²) in [5, 5.41) is 3.31. The summed E-state index contributed by atoms with van der Waals surface area (Å²) in [6, 6.07) is 10.8. The molecule has 2 aromatic carbocycles. The lowest BCUT2D eigenvalue weighted by Crippen LogP contribution is -2.45. The van der Waals surface area contributed by atoms with Gasteiger partial charge in [-0.25, -0.2) is 0 Å². The fourth-order valence-corrected chi connectivity index (χ4v) is 2.68. The summed E-state index contributed by atoms with van der Waals surface area (Å²) in [6.45, 7) is 0. The summed E-state index contributed by atoms with van der Waals surface area (Å²) in [7, 11) is 1.51. The molecule has 2 rings (SSSR count). The molecule has 0 fully saturated rings. The van der Waals surface area contributed by atoms with Crippen LogP contribution in [0.25, 0.3) is 0 Å². The number of ether oxygens (including phenoxy) is 1. The zero-order valence-electron chi connectivity index (χ0n) is 12.9. The maximum Gasteiger partial charge on any atom is 0.253 e. The van der Waals surface area contributed by atoms with Gasteiger partial charge in [0.15, 0.2) is 0 Å². The highest BCUT2D eigenvalue weighted by Gasteiger charge is 2.21. The van der Waals surface area contributed by atoms with Crippen molar-refractivity contribution in [1.82, 2.24) is 5.32 Å². The van der Waals surface area contributed by atoms with Crippen LogP contribution in [0.5, 0.6) is 5.75 Å². The topological polar surface area (TPSA) is 81.4 Å². The molecule has 0 aliphatic rings. The average Bonchev–Trinajstić information content (AvgIpc) is 2.54. The molecule has 0 radical (unpaired) electrons. The van der Waals surface area contributed by atoms with Gasteiger partial charge >= 0.3 is 0 Å². The second-order valence-electron chi connectivity index (χ2n) is 5.08. The van der Waals surface area contributed by atoms with Gasteiger partial charge in [-0.1, -0.05) is 41.4 Å². The Hall–Kier alpha value is -2.24. The van der Waals surface area contributed by atoms with Gasteiger partial charge < -0.3 is 15.8 Å². The lowest BCUT2D eigenvalue weighted by Gasteiger charge is -2.16. The van der Waals surface area contributed by atoms with Crippen LogP contribution in [-0.4, -0.2) is 25.0 Å². The maximum atomic E-state index is 12.3. The fourth-order valence-electron chi connectivity index (χ4n) is 2.18. The average molecular weight is 367 g/mol. The molecule has 0 heterocycles. The zero-order chi connectivity index (χ0) is 17.7. The first-order chi connectivity index (χ1) is 11.4. The predicted molar refractivity (Wildman–Crippen MR) is 93.6 cm³/mol. The van der Waals surface area contributed by atoms with E-state index in [0.717, 1.165) is 5.56 Å². The molecule has 24 heavy (non-hydrogen) atoms. The Labute approximate surface area is 149 Å². The second-order valence-corrected chi connectivity index (χ2v) is 5.90. The number of hydrogen-bond donors (Lipinski definition) is 2. The van der Waals surface area contributed by atoms with Crippen LogP contribution in [0.4, 0.5) is 0 Å². The van der Waals surface area contributed by atoms with Crippen molar-refractivity contribution in [3.8, 4) is 5.75 Å². The van der Waals surface area contributed by atoms with Crippen molar-refractivity contribution in [3.63, 3.8) is 0 Å². The Kier molecular flexibility index (Phi) is 6.06. The minimum atomic E-state index is -0.891. The first kappa shape index (κ1) is 18.1. The highest BCUT2D eigenvalue weighted by atomic mass is 35.5. The maximum absolute atomic E-state index is 12.3. The highest BCUT2D eigenvalue weighted by Crippen LogP contribution is 2.25. The zero-order valence-corrected chi connectivity index (χ0v) is 14.4. The molecule has 2 aromatic rings. The monoisotopic (exact) mass is 366 g/mol. The van der Waals surface area contributed by atoms with E-state index in [2.05, 4.69) is 5.32 Å². The molecule has 0 bridgehead atoms. The van der Waals surface area contributed by atoms with Crippen molar-refractivity contribution < 1.29 is 14.3 Å². The van der Waals surface area contributed by atoms with E-state index in [4.69, 9.17) is 33.7 Å². The number of carbonyl (C=O) groups is 2. The Morgan fingerprint density at radius 2 is 1.88 bits per heavy atom. The van der Waals surface area contributed by atoms with E-state index >= 15 is 0 Å².